The largest absolute Gasteiger partial charge is 0.491 e. The molecule has 0 bridgehead atoms. The Bertz CT molecular complexity index is 347. The second-order valence-electron chi connectivity index (χ2n) is 4.90. The van der Waals surface area contributed by atoms with Gasteiger partial charge in [-0.3, -0.25) is 0 Å². The predicted molar refractivity (Wildman–Crippen MR) is 71.6 cm³/mol. The Kier molecular flexibility index (Phi) is 5.59. The van der Waals surface area contributed by atoms with Crippen molar-refractivity contribution >= 4 is 0 Å². The Hall–Kier alpha value is -1.10. The van der Waals surface area contributed by atoms with Gasteiger partial charge in [-0.15, -0.1) is 0 Å². The Balaban J connectivity index is 2.55. The molecule has 0 aliphatic rings. The van der Waals surface area contributed by atoms with E-state index in [1.54, 1.807) is 0 Å². The van der Waals surface area contributed by atoms with Gasteiger partial charge in [0.25, 0.3) is 0 Å². The summed E-state index contributed by atoms with van der Waals surface area (Å²) in [5.41, 5.74) is 0.537. The van der Waals surface area contributed by atoms with Crippen LogP contribution in [0.4, 0.5) is 0 Å². The monoisotopic (exact) mass is 253 g/mol. The number of likely N-dealkylation sites (N-methyl/N-ethyl adjacent to an activating group) is 1. The molecule has 0 fully saturated rings. The smallest absolute Gasteiger partial charge is 0.119 e. The summed E-state index contributed by atoms with van der Waals surface area (Å²) in [6.45, 7) is 4.05. The van der Waals surface area contributed by atoms with Crippen molar-refractivity contribution in [3.05, 3.63) is 29.8 Å². The minimum Gasteiger partial charge on any atom is -0.491 e. The number of aliphatic hydroxyl groups is 2. The van der Waals surface area contributed by atoms with Gasteiger partial charge in [-0.05, 0) is 38.6 Å². The molecule has 2 atom stereocenters. The van der Waals surface area contributed by atoms with Gasteiger partial charge in [0.05, 0.1) is 19.3 Å². The summed E-state index contributed by atoms with van der Waals surface area (Å²) in [5.74, 6) is 0.774. The highest BCUT2D eigenvalue weighted by Crippen LogP contribution is 2.18. The lowest BCUT2D eigenvalue weighted by atomic mass is 9.96. The van der Waals surface area contributed by atoms with E-state index in [-0.39, 0.29) is 24.9 Å². The van der Waals surface area contributed by atoms with Crippen LogP contribution in [0.25, 0.3) is 0 Å². The van der Waals surface area contributed by atoms with Crippen LogP contribution in [0.2, 0.25) is 0 Å². The van der Waals surface area contributed by atoms with Gasteiger partial charge in [0, 0.05) is 12.0 Å². The van der Waals surface area contributed by atoms with E-state index in [1.807, 2.05) is 45.2 Å². The maximum Gasteiger partial charge on any atom is 0.119 e. The van der Waals surface area contributed by atoms with E-state index >= 15 is 0 Å². The maximum atomic E-state index is 9.32. The summed E-state index contributed by atoms with van der Waals surface area (Å²) in [4.78, 5) is 0. The highest BCUT2D eigenvalue weighted by atomic mass is 16.5. The Labute approximate surface area is 109 Å². The van der Waals surface area contributed by atoms with Gasteiger partial charge < -0.3 is 20.3 Å². The number of rotatable bonds is 7. The zero-order valence-corrected chi connectivity index (χ0v) is 11.3. The predicted octanol–water partition coefficient (Wildman–Crippen LogP) is 1.31. The van der Waals surface area contributed by atoms with Crippen LogP contribution >= 0.6 is 0 Å². The summed E-state index contributed by atoms with van der Waals surface area (Å²) >= 11 is 0. The fourth-order valence-corrected chi connectivity index (χ4v) is 1.83. The molecule has 0 saturated heterocycles. The number of hydrogen-bond donors (Lipinski definition) is 3. The molecule has 3 N–H and O–H groups in total. The second-order valence-corrected chi connectivity index (χ2v) is 4.90. The molecule has 1 aromatic carbocycles. The first kappa shape index (κ1) is 15.0. The van der Waals surface area contributed by atoms with Crippen molar-refractivity contribution in [2.24, 2.45) is 0 Å². The lowest BCUT2D eigenvalue weighted by Crippen LogP contribution is -2.46. The average molecular weight is 253 g/mol. The summed E-state index contributed by atoms with van der Waals surface area (Å²) in [7, 11) is 1.83. The first-order valence-electron chi connectivity index (χ1n) is 6.19. The topological polar surface area (TPSA) is 61.7 Å². The van der Waals surface area contributed by atoms with Crippen LogP contribution in [0.5, 0.6) is 5.75 Å². The van der Waals surface area contributed by atoms with Crippen LogP contribution in [0, 0.1) is 0 Å². The van der Waals surface area contributed by atoms with Gasteiger partial charge in [-0.1, -0.05) is 12.1 Å². The summed E-state index contributed by atoms with van der Waals surface area (Å²) in [6.07, 6.45) is 0.705. The molecular weight excluding hydrogens is 230 g/mol. The van der Waals surface area contributed by atoms with E-state index in [0.29, 0.717) is 6.42 Å². The second kappa shape index (κ2) is 6.73. The van der Waals surface area contributed by atoms with Gasteiger partial charge in [0.2, 0.25) is 0 Å². The molecule has 0 amide bonds. The third-order valence-corrected chi connectivity index (χ3v) is 3.13. The molecular formula is C14H23NO3. The highest BCUT2D eigenvalue weighted by Gasteiger charge is 2.24. The van der Waals surface area contributed by atoms with Crippen LogP contribution in [0.15, 0.2) is 24.3 Å². The Morgan fingerprint density at radius 3 is 2.33 bits per heavy atom. The Morgan fingerprint density at radius 2 is 1.89 bits per heavy atom. The number of hydrogen-bond acceptors (Lipinski definition) is 4. The summed E-state index contributed by atoms with van der Waals surface area (Å²) in [6, 6.07) is 7.37. The van der Waals surface area contributed by atoms with E-state index in [9.17, 15) is 5.11 Å². The number of aliphatic hydroxyl groups excluding tert-OH is 2. The van der Waals surface area contributed by atoms with E-state index in [1.165, 1.54) is 0 Å². The normalized spacial score (nSPS) is 16.1. The van der Waals surface area contributed by atoms with E-state index in [2.05, 4.69) is 5.32 Å². The quantitative estimate of drug-likeness (QED) is 0.685. The van der Waals surface area contributed by atoms with Crippen LogP contribution < -0.4 is 10.1 Å². The summed E-state index contributed by atoms with van der Waals surface area (Å²) < 4.78 is 5.78. The SMILES string of the molecule is CNC(C)(CO)CC(C)Oc1ccc(CO)cc1. The zero-order chi connectivity index (χ0) is 13.6. The first-order valence-corrected chi connectivity index (χ1v) is 6.19. The van der Waals surface area contributed by atoms with Gasteiger partial charge in [-0.2, -0.15) is 0 Å². The Morgan fingerprint density at radius 1 is 1.28 bits per heavy atom. The molecule has 18 heavy (non-hydrogen) atoms. The molecule has 4 nitrogen and oxygen atoms in total. The highest BCUT2D eigenvalue weighted by molar-refractivity contribution is 5.27. The molecule has 0 aliphatic heterocycles. The molecule has 1 aromatic rings. The molecule has 4 heteroatoms. The molecule has 102 valence electrons. The van der Waals surface area contributed by atoms with Crippen molar-refractivity contribution in [2.75, 3.05) is 13.7 Å². The molecule has 0 spiro atoms. The molecule has 0 saturated carbocycles. The molecule has 1 rings (SSSR count). The maximum absolute atomic E-state index is 9.32. The van der Waals surface area contributed by atoms with Crippen LogP contribution in [0.3, 0.4) is 0 Å². The lowest BCUT2D eigenvalue weighted by molar-refractivity contribution is 0.115. The van der Waals surface area contributed by atoms with Crippen molar-refractivity contribution < 1.29 is 14.9 Å². The molecule has 0 heterocycles. The van der Waals surface area contributed by atoms with Gasteiger partial charge in [0.1, 0.15) is 5.75 Å². The fraction of sp³-hybridized carbons (Fsp3) is 0.571. The lowest BCUT2D eigenvalue weighted by Gasteiger charge is -2.30. The number of benzene rings is 1. The number of nitrogens with one attached hydrogen (secondary N) is 1. The van der Waals surface area contributed by atoms with E-state index in [0.717, 1.165) is 11.3 Å². The van der Waals surface area contributed by atoms with Crippen molar-refractivity contribution in [1.29, 1.82) is 0 Å². The third-order valence-electron chi connectivity index (χ3n) is 3.13. The van der Waals surface area contributed by atoms with Crippen molar-refractivity contribution in [3.63, 3.8) is 0 Å². The minimum absolute atomic E-state index is 0.00502. The van der Waals surface area contributed by atoms with E-state index < -0.39 is 0 Å². The van der Waals surface area contributed by atoms with Crippen molar-refractivity contribution in [1.82, 2.24) is 5.32 Å². The van der Waals surface area contributed by atoms with E-state index in [4.69, 9.17) is 9.84 Å². The van der Waals surface area contributed by atoms with Crippen LogP contribution in [-0.4, -0.2) is 35.5 Å². The fourth-order valence-electron chi connectivity index (χ4n) is 1.83. The minimum atomic E-state index is -0.329. The van der Waals surface area contributed by atoms with Crippen LogP contribution in [0.1, 0.15) is 25.8 Å². The van der Waals surface area contributed by atoms with Gasteiger partial charge >= 0.3 is 0 Å². The van der Waals surface area contributed by atoms with Crippen LogP contribution in [-0.2, 0) is 6.61 Å². The molecule has 0 radical (unpaired) electrons. The molecule has 0 aromatic heterocycles. The third kappa shape index (κ3) is 4.29. The first-order chi connectivity index (χ1) is 8.53. The van der Waals surface area contributed by atoms with Gasteiger partial charge in [0.15, 0.2) is 0 Å². The molecule has 2 unspecified atom stereocenters. The number of ether oxygens (including phenoxy) is 1. The van der Waals surface area contributed by atoms with Crippen molar-refractivity contribution in [2.45, 2.75) is 38.5 Å². The standard InChI is InChI=1S/C14H23NO3/c1-11(8-14(2,10-17)15-3)18-13-6-4-12(9-16)5-7-13/h4-7,11,15-17H,8-10H2,1-3H3. The average Bonchev–Trinajstić information content (AvgIpc) is 2.39. The molecule has 0 aliphatic carbocycles. The zero-order valence-electron chi connectivity index (χ0n) is 11.3. The van der Waals surface area contributed by atoms with Crippen molar-refractivity contribution in [3.8, 4) is 5.75 Å². The summed E-state index contributed by atoms with van der Waals surface area (Å²) in [5, 5.41) is 21.4. The van der Waals surface area contributed by atoms with Gasteiger partial charge in [-0.25, -0.2) is 0 Å².